The molecule has 4 nitrogen and oxygen atoms in total. The minimum absolute atomic E-state index is 0.0219. The number of benzene rings is 2. The molecule has 1 aliphatic heterocycles. The van der Waals surface area contributed by atoms with Crippen LogP contribution in [0.2, 0.25) is 5.02 Å². The number of amides is 2. The van der Waals surface area contributed by atoms with Gasteiger partial charge in [0.05, 0.1) is 12.5 Å². The Balaban J connectivity index is 1.77. The molecule has 0 bridgehead atoms. The summed E-state index contributed by atoms with van der Waals surface area (Å²) < 4.78 is 0. The zero-order chi connectivity index (χ0) is 18.7. The lowest BCUT2D eigenvalue weighted by Gasteiger charge is -2.33. The van der Waals surface area contributed by atoms with Gasteiger partial charge < -0.3 is 9.80 Å². The van der Waals surface area contributed by atoms with Crippen LogP contribution >= 0.6 is 11.6 Å². The topological polar surface area (TPSA) is 40.6 Å². The molecule has 3 rings (SSSR count). The Morgan fingerprint density at radius 3 is 2.65 bits per heavy atom. The van der Waals surface area contributed by atoms with Gasteiger partial charge in [-0.3, -0.25) is 9.59 Å². The molecule has 0 radical (unpaired) electrons. The fraction of sp³-hybridized carbons (Fsp3) is 0.238. The van der Waals surface area contributed by atoms with Crippen molar-refractivity contribution in [1.29, 1.82) is 0 Å². The van der Waals surface area contributed by atoms with Crippen LogP contribution in [0.15, 0.2) is 54.7 Å². The maximum Gasteiger partial charge on any atom is 0.225 e. The van der Waals surface area contributed by atoms with Crippen molar-refractivity contribution in [2.45, 2.75) is 25.9 Å². The Morgan fingerprint density at radius 1 is 1.15 bits per heavy atom. The average Bonchev–Trinajstić information content (AvgIpc) is 2.61. The zero-order valence-electron chi connectivity index (χ0n) is 14.9. The monoisotopic (exact) mass is 368 g/mol. The molecule has 1 aliphatic rings. The van der Waals surface area contributed by atoms with Crippen LogP contribution in [0.5, 0.6) is 0 Å². The van der Waals surface area contributed by atoms with Gasteiger partial charge in [0.15, 0.2) is 0 Å². The molecule has 2 aromatic rings. The van der Waals surface area contributed by atoms with Crippen LogP contribution in [0.3, 0.4) is 0 Å². The van der Waals surface area contributed by atoms with Crippen LogP contribution in [-0.4, -0.2) is 28.7 Å². The van der Waals surface area contributed by atoms with Crippen molar-refractivity contribution in [1.82, 2.24) is 9.80 Å². The van der Waals surface area contributed by atoms with Crippen LogP contribution in [-0.2, 0) is 16.1 Å². The molecule has 2 amide bonds. The predicted molar refractivity (Wildman–Crippen MR) is 103 cm³/mol. The van der Waals surface area contributed by atoms with Gasteiger partial charge in [-0.2, -0.15) is 0 Å². The molecule has 1 heterocycles. The summed E-state index contributed by atoms with van der Waals surface area (Å²) in [4.78, 5) is 28.1. The van der Waals surface area contributed by atoms with Crippen molar-refractivity contribution in [3.63, 3.8) is 0 Å². The van der Waals surface area contributed by atoms with E-state index >= 15 is 0 Å². The Morgan fingerprint density at radius 2 is 1.92 bits per heavy atom. The van der Waals surface area contributed by atoms with Crippen LogP contribution in [0.1, 0.15) is 36.1 Å². The van der Waals surface area contributed by atoms with Crippen molar-refractivity contribution in [3.05, 3.63) is 76.4 Å². The van der Waals surface area contributed by atoms with Crippen molar-refractivity contribution in [2.75, 3.05) is 7.05 Å². The second-order valence-electron chi connectivity index (χ2n) is 6.47. The second kappa shape index (κ2) is 7.75. The van der Waals surface area contributed by atoms with E-state index in [4.69, 9.17) is 11.6 Å². The summed E-state index contributed by atoms with van der Waals surface area (Å²) in [5.74, 6) is -0.0997. The lowest BCUT2D eigenvalue weighted by atomic mass is 9.93. The Kier molecular flexibility index (Phi) is 5.43. The first-order valence-electron chi connectivity index (χ1n) is 8.50. The predicted octanol–water partition coefficient (Wildman–Crippen LogP) is 4.26. The van der Waals surface area contributed by atoms with Crippen molar-refractivity contribution >= 4 is 29.5 Å². The van der Waals surface area contributed by atoms with Crippen molar-refractivity contribution in [3.8, 4) is 0 Å². The van der Waals surface area contributed by atoms with Gasteiger partial charge in [-0.05, 0) is 34.9 Å². The van der Waals surface area contributed by atoms with Crippen LogP contribution in [0, 0.1) is 0 Å². The molecule has 5 heteroatoms. The molecular weight excluding hydrogens is 348 g/mol. The largest absolute Gasteiger partial charge is 0.341 e. The Bertz CT molecular complexity index is 863. The maximum absolute atomic E-state index is 12.8. The smallest absolute Gasteiger partial charge is 0.225 e. The summed E-state index contributed by atoms with van der Waals surface area (Å²) in [5.41, 5.74) is 3.01. The van der Waals surface area contributed by atoms with E-state index in [1.165, 1.54) is 6.92 Å². The van der Waals surface area contributed by atoms with E-state index in [1.807, 2.05) is 54.6 Å². The fourth-order valence-electron chi connectivity index (χ4n) is 3.23. The van der Waals surface area contributed by atoms with E-state index in [0.29, 0.717) is 11.6 Å². The third-order valence-corrected chi connectivity index (χ3v) is 4.81. The standard InChI is InChI=1S/C21H21ClN2O2/c1-15(25)24-11-10-17-7-3-4-9-19(17)20(24)13-21(26)23(2)14-16-6-5-8-18(22)12-16/h3-12,20H,13-14H2,1-2H3. The number of nitrogens with zero attached hydrogens (tertiary/aromatic N) is 2. The molecule has 0 spiro atoms. The van der Waals surface area contributed by atoms with Crippen LogP contribution in [0.25, 0.3) is 6.08 Å². The lowest BCUT2D eigenvalue weighted by molar-refractivity contribution is -0.134. The first kappa shape index (κ1) is 18.2. The molecule has 0 saturated heterocycles. The summed E-state index contributed by atoms with van der Waals surface area (Å²) in [7, 11) is 1.77. The SMILES string of the molecule is CC(=O)N1C=Cc2ccccc2C1CC(=O)N(C)Cc1cccc(Cl)c1. The van der Waals surface area contributed by atoms with E-state index in [2.05, 4.69) is 0 Å². The van der Waals surface area contributed by atoms with E-state index in [0.717, 1.165) is 16.7 Å². The van der Waals surface area contributed by atoms with Gasteiger partial charge in [0.2, 0.25) is 11.8 Å². The van der Waals surface area contributed by atoms with E-state index in [9.17, 15) is 9.59 Å². The fourth-order valence-corrected chi connectivity index (χ4v) is 3.44. The van der Waals surface area contributed by atoms with E-state index < -0.39 is 0 Å². The molecule has 1 unspecified atom stereocenters. The third kappa shape index (κ3) is 3.97. The van der Waals surface area contributed by atoms with Crippen molar-refractivity contribution in [2.24, 2.45) is 0 Å². The molecule has 0 N–H and O–H groups in total. The lowest BCUT2D eigenvalue weighted by Crippen LogP contribution is -2.35. The second-order valence-corrected chi connectivity index (χ2v) is 6.91. The van der Waals surface area contributed by atoms with Crippen LogP contribution < -0.4 is 0 Å². The Hall–Kier alpha value is -2.59. The number of rotatable bonds is 4. The average molecular weight is 369 g/mol. The van der Waals surface area contributed by atoms with Crippen molar-refractivity contribution < 1.29 is 9.59 Å². The number of hydrogen-bond donors (Lipinski definition) is 0. The highest BCUT2D eigenvalue weighted by molar-refractivity contribution is 6.30. The van der Waals surface area contributed by atoms with Gasteiger partial charge >= 0.3 is 0 Å². The molecule has 1 atom stereocenters. The number of hydrogen-bond acceptors (Lipinski definition) is 2. The third-order valence-electron chi connectivity index (χ3n) is 4.57. The molecule has 0 aliphatic carbocycles. The first-order chi connectivity index (χ1) is 12.5. The number of carbonyl (C=O) groups is 2. The molecule has 0 saturated carbocycles. The van der Waals surface area contributed by atoms with Gasteiger partial charge in [-0.25, -0.2) is 0 Å². The first-order valence-corrected chi connectivity index (χ1v) is 8.88. The van der Waals surface area contributed by atoms with E-state index in [1.54, 1.807) is 23.0 Å². The number of halogens is 1. The number of carbonyl (C=O) groups excluding carboxylic acids is 2. The summed E-state index contributed by atoms with van der Waals surface area (Å²) in [6.07, 6.45) is 3.91. The Labute approximate surface area is 158 Å². The van der Waals surface area contributed by atoms with Gasteiger partial charge in [0, 0.05) is 31.7 Å². The highest BCUT2D eigenvalue weighted by Gasteiger charge is 2.29. The van der Waals surface area contributed by atoms with Gasteiger partial charge in [0.25, 0.3) is 0 Å². The van der Waals surface area contributed by atoms with Gasteiger partial charge in [-0.15, -0.1) is 0 Å². The highest BCUT2D eigenvalue weighted by atomic mass is 35.5. The molecule has 0 aromatic heterocycles. The minimum atomic E-state index is -0.289. The summed E-state index contributed by atoms with van der Waals surface area (Å²) in [5, 5.41) is 0.650. The highest BCUT2D eigenvalue weighted by Crippen LogP contribution is 2.33. The summed E-state index contributed by atoms with van der Waals surface area (Å²) in [6, 6.07) is 15.0. The van der Waals surface area contributed by atoms with Gasteiger partial charge in [-0.1, -0.05) is 48.0 Å². The summed E-state index contributed by atoms with van der Waals surface area (Å²) in [6.45, 7) is 2.00. The van der Waals surface area contributed by atoms with E-state index in [-0.39, 0.29) is 24.3 Å². The maximum atomic E-state index is 12.8. The minimum Gasteiger partial charge on any atom is -0.341 e. The molecule has 26 heavy (non-hydrogen) atoms. The van der Waals surface area contributed by atoms with Gasteiger partial charge in [0.1, 0.15) is 0 Å². The molecule has 134 valence electrons. The molecule has 2 aromatic carbocycles. The number of fused-ring (bicyclic) bond motifs is 1. The zero-order valence-corrected chi connectivity index (χ0v) is 15.6. The van der Waals surface area contributed by atoms with Crippen LogP contribution in [0.4, 0.5) is 0 Å². The molecule has 0 fully saturated rings. The summed E-state index contributed by atoms with van der Waals surface area (Å²) >= 11 is 6.02. The quantitative estimate of drug-likeness (QED) is 0.808. The normalized spacial score (nSPS) is 15.5. The molecular formula is C21H21ClN2O2.